The molecule has 11 rings (SSSR count). The maximum Gasteiger partial charge on any atom is 0.255 e. The molecule has 304 valence electrons. The van der Waals surface area contributed by atoms with Crippen molar-refractivity contribution in [2.75, 3.05) is 50.8 Å². The SMILES string of the molecule is O=C1CC[C@@H](N2Cc3c(ccc4c3OCC43CCN(CC4CCC5(CC4)CN(c4ccc([C@H]6c7ccc(O)cc7OC[C@H]6c6ccccc6)cc4)C5)CC3)C2=O)C(=O)N1. The third-order valence-electron chi connectivity index (χ3n) is 15.3. The molecule has 3 amide bonds. The van der Waals surface area contributed by atoms with Crippen LogP contribution in [0.5, 0.6) is 17.2 Å². The van der Waals surface area contributed by atoms with Gasteiger partial charge in [-0.25, -0.2) is 0 Å². The number of likely N-dealkylation sites (tertiary alicyclic amines) is 1. The van der Waals surface area contributed by atoms with Gasteiger partial charge in [0.1, 0.15) is 23.3 Å². The van der Waals surface area contributed by atoms with Crippen LogP contribution in [0.1, 0.15) is 101 Å². The number of anilines is 1. The van der Waals surface area contributed by atoms with Crippen LogP contribution in [0.25, 0.3) is 0 Å². The molecule has 7 aliphatic rings. The number of amides is 3. The zero-order valence-electron chi connectivity index (χ0n) is 33.5. The number of hydrogen-bond donors (Lipinski definition) is 2. The second-order valence-corrected chi connectivity index (χ2v) is 18.7. The standard InChI is InChI=1S/C49H52N4O6/c54-35-10-11-37-42(24-35)58-27-39(32-4-2-1-3-5-32)44(37)33-6-8-34(9-7-33)52-28-48(29-52)18-16-31(17-19-48)25-51-22-20-49(21-23-51)30-59-45-38-26-53(41-14-15-43(55)50-46(41)56)47(57)36(38)12-13-40(45)49/h1-13,24,31,39,41,44,54H,14-23,25-30H2,(H,50,55,56)/t39-,41+,44-/m0/s1. The predicted molar refractivity (Wildman–Crippen MR) is 223 cm³/mol. The minimum absolute atomic E-state index is 0.0287. The Morgan fingerprint density at radius 3 is 2.36 bits per heavy atom. The van der Waals surface area contributed by atoms with Crippen LogP contribution >= 0.6 is 0 Å². The average Bonchev–Trinajstić information content (AvgIpc) is 3.78. The molecule has 4 aromatic rings. The van der Waals surface area contributed by atoms with Gasteiger partial charge in [-0.15, -0.1) is 0 Å². The van der Waals surface area contributed by atoms with Gasteiger partial charge in [0, 0.05) is 82.7 Å². The summed E-state index contributed by atoms with van der Waals surface area (Å²) in [5.41, 5.74) is 8.14. The summed E-state index contributed by atoms with van der Waals surface area (Å²) in [6.07, 6.45) is 7.90. The minimum atomic E-state index is -0.619. The normalized spacial score (nSPS) is 25.8. The Morgan fingerprint density at radius 2 is 1.59 bits per heavy atom. The van der Waals surface area contributed by atoms with Crippen molar-refractivity contribution in [1.29, 1.82) is 0 Å². The highest BCUT2D eigenvalue weighted by Crippen LogP contribution is 2.52. The molecule has 59 heavy (non-hydrogen) atoms. The molecule has 0 radical (unpaired) electrons. The Hall–Kier alpha value is -5.35. The van der Waals surface area contributed by atoms with Gasteiger partial charge in [-0.05, 0) is 99.3 Å². The molecule has 0 aromatic heterocycles. The van der Waals surface area contributed by atoms with Crippen LogP contribution in [0.4, 0.5) is 5.69 Å². The topological polar surface area (TPSA) is 112 Å². The molecular weight excluding hydrogens is 741 g/mol. The lowest BCUT2D eigenvalue weighted by Gasteiger charge is -2.55. The number of phenolic OH excluding ortho intramolecular Hbond substituents is 1. The molecule has 1 aliphatic carbocycles. The number of rotatable bonds is 6. The fraction of sp³-hybridized carbons (Fsp3) is 0.449. The molecule has 2 N–H and O–H groups in total. The van der Waals surface area contributed by atoms with E-state index in [1.165, 1.54) is 54.6 Å². The van der Waals surface area contributed by atoms with Crippen molar-refractivity contribution >= 4 is 23.4 Å². The van der Waals surface area contributed by atoms with Gasteiger partial charge in [-0.3, -0.25) is 19.7 Å². The van der Waals surface area contributed by atoms with Gasteiger partial charge in [0.25, 0.3) is 5.91 Å². The fourth-order valence-corrected chi connectivity index (χ4v) is 11.9. The molecule has 10 nitrogen and oxygen atoms in total. The first-order chi connectivity index (χ1) is 28.7. The lowest BCUT2D eigenvalue weighted by Crippen LogP contribution is -2.58. The van der Waals surface area contributed by atoms with E-state index in [4.69, 9.17) is 9.47 Å². The van der Waals surface area contributed by atoms with Crippen LogP contribution in [-0.4, -0.2) is 84.6 Å². The second-order valence-electron chi connectivity index (χ2n) is 18.7. The van der Waals surface area contributed by atoms with E-state index in [1.807, 2.05) is 12.1 Å². The number of hydrogen-bond acceptors (Lipinski definition) is 8. The average molecular weight is 793 g/mol. The highest BCUT2D eigenvalue weighted by Gasteiger charge is 2.49. The van der Waals surface area contributed by atoms with Gasteiger partial charge < -0.3 is 29.3 Å². The zero-order chi connectivity index (χ0) is 39.9. The van der Waals surface area contributed by atoms with Crippen molar-refractivity contribution in [3.05, 3.63) is 118 Å². The van der Waals surface area contributed by atoms with Crippen molar-refractivity contribution in [2.24, 2.45) is 11.3 Å². The van der Waals surface area contributed by atoms with Crippen LogP contribution in [0.3, 0.4) is 0 Å². The molecule has 4 fully saturated rings. The first-order valence-electron chi connectivity index (χ1n) is 21.8. The maximum atomic E-state index is 13.4. The summed E-state index contributed by atoms with van der Waals surface area (Å²) in [7, 11) is 0. The summed E-state index contributed by atoms with van der Waals surface area (Å²) in [5.74, 6) is 2.14. The lowest BCUT2D eigenvalue weighted by atomic mass is 9.65. The number of nitrogens with one attached hydrogen (secondary N) is 1. The minimum Gasteiger partial charge on any atom is -0.508 e. The number of benzene rings is 4. The van der Waals surface area contributed by atoms with Gasteiger partial charge in [0.2, 0.25) is 11.8 Å². The van der Waals surface area contributed by atoms with Crippen LogP contribution in [0.2, 0.25) is 0 Å². The van der Waals surface area contributed by atoms with Gasteiger partial charge in [0.05, 0.1) is 19.8 Å². The van der Waals surface area contributed by atoms with Crippen LogP contribution in [0.15, 0.2) is 84.9 Å². The number of piperidine rings is 2. The van der Waals surface area contributed by atoms with Crippen molar-refractivity contribution in [2.45, 2.75) is 81.2 Å². The molecule has 6 heterocycles. The summed E-state index contributed by atoms with van der Waals surface area (Å²) in [6, 6.07) is 28.9. The number of aromatic hydroxyl groups is 1. The molecule has 10 heteroatoms. The number of ether oxygens (including phenoxy) is 2. The Labute approximate surface area is 345 Å². The number of nitrogens with zero attached hydrogens (tertiary/aromatic N) is 3. The summed E-state index contributed by atoms with van der Waals surface area (Å²) in [4.78, 5) is 44.6. The Bertz CT molecular complexity index is 2300. The lowest BCUT2D eigenvalue weighted by molar-refractivity contribution is -0.136. The molecule has 3 atom stereocenters. The fourth-order valence-electron chi connectivity index (χ4n) is 11.9. The third-order valence-corrected chi connectivity index (χ3v) is 15.3. The highest BCUT2D eigenvalue weighted by atomic mass is 16.5. The van der Waals surface area contributed by atoms with Crippen molar-refractivity contribution in [3.8, 4) is 17.2 Å². The highest BCUT2D eigenvalue weighted by molar-refractivity contribution is 6.05. The van der Waals surface area contributed by atoms with Gasteiger partial charge in [0.15, 0.2) is 0 Å². The van der Waals surface area contributed by atoms with E-state index in [1.54, 1.807) is 17.0 Å². The predicted octanol–water partition coefficient (Wildman–Crippen LogP) is 6.88. The number of carbonyl (C=O) groups excluding carboxylic acids is 3. The maximum absolute atomic E-state index is 13.4. The van der Waals surface area contributed by atoms with Crippen molar-refractivity contribution < 1.29 is 29.0 Å². The molecule has 2 spiro atoms. The zero-order valence-corrected chi connectivity index (χ0v) is 33.5. The number of fused-ring (bicyclic) bond motifs is 5. The van der Waals surface area contributed by atoms with Gasteiger partial charge >= 0.3 is 0 Å². The van der Waals surface area contributed by atoms with E-state index >= 15 is 0 Å². The largest absolute Gasteiger partial charge is 0.508 e. The summed E-state index contributed by atoms with van der Waals surface area (Å²) < 4.78 is 12.6. The first-order valence-corrected chi connectivity index (χ1v) is 21.8. The van der Waals surface area contributed by atoms with E-state index in [-0.39, 0.29) is 47.1 Å². The second kappa shape index (κ2) is 14.1. The smallest absolute Gasteiger partial charge is 0.255 e. The van der Waals surface area contributed by atoms with E-state index in [0.717, 1.165) is 67.6 Å². The molecule has 0 bridgehead atoms. The van der Waals surface area contributed by atoms with Crippen molar-refractivity contribution in [3.63, 3.8) is 0 Å². The van der Waals surface area contributed by atoms with E-state index in [0.29, 0.717) is 37.2 Å². The quantitative estimate of drug-likeness (QED) is 0.204. The molecule has 1 saturated carbocycles. The summed E-state index contributed by atoms with van der Waals surface area (Å²) in [5, 5.41) is 12.6. The number of imide groups is 1. The summed E-state index contributed by atoms with van der Waals surface area (Å²) in [6.45, 7) is 7.13. The number of carbonyl (C=O) groups is 3. The Morgan fingerprint density at radius 1 is 0.814 bits per heavy atom. The van der Waals surface area contributed by atoms with Gasteiger partial charge in [-0.2, -0.15) is 0 Å². The van der Waals surface area contributed by atoms with Crippen LogP contribution < -0.4 is 19.7 Å². The van der Waals surface area contributed by atoms with E-state index in [9.17, 15) is 19.5 Å². The summed E-state index contributed by atoms with van der Waals surface area (Å²) >= 11 is 0. The molecule has 0 unspecified atom stereocenters. The van der Waals surface area contributed by atoms with E-state index < -0.39 is 6.04 Å². The Kier molecular flexibility index (Phi) is 8.80. The first kappa shape index (κ1) is 36.7. The molecule has 3 saturated heterocycles. The van der Waals surface area contributed by atoms with E-state index in [2.05, 4.69) is 75.8 Å². The van der Waals surface area contributed by atoms with Gasteiger partial charge in [-0.1, -0.05) is 54.6 Å². The van der Waals surface area contributed by atoms with Crippen LogP contribution in [-0.2, 0) is 21.5 Å². The number of phenols is 1. The van der Waals surface area contributed by atoms with Crippen molar-refractivity contribution in [1.82, 2.24) is 15.1 Å². The monoisotopic (exact) mass is 792 g/mol. The third kappa shape index (κ3) is 6.28. The molecular formula is C49H52N4O6. The molecule has 4 aromatic carbocycles. The molecule has 6 aliphatic heterocycles. The Balaban J connectivity index is 0.685. The van der Waals surface area contributed by atoms with Crippen LogP contribution in [0, 0.1) is 11.3 Å².